The molecule has 2 N–H and O–H groups in total. The van der Waals surface area contributed by atoms with Gasteiger partial charge in [0.15, 0.2) is 0 Å². The van der Waals surface area contributed by atoms with Gasteiger partial charge in [0.2, 0.25) is 6.10 Å². The van der Waals surface area contributed by atoms with E-state index in [2.05, 4.69) is 10.6 Å². The van der Waals surface area contributed by atoms with Gasteiger partial charge in [0.25, 0.3) is 5.91 Å². The van der Waals surface area contributed by atoms with Crippen molar-refractivity contribution in [1.29, 1.82) is 0 Å². The number of nitrogens with one attached hydrogen (secondary N) is 2. The van der Waals surface area contributed by atoms with Crippen LogP contribution in [-0.2, 0) is 4.79 Å². The Hall–Kier alpha value is -1.46. The second-order valence-electron chi connectivity index (χ2n) is 5.73. The van der Waals surface area contributed by atoms with Crippen LogP contribution in [0.5, 0.6) is 5.75 Å². The van der Waals surface area contributed by atoms with Gasteiger partial charge >= 0.3 is 0 Å². The Morgan fingerprint density at radius 3 is 2.52 bits per heavy atom. The Bertz CT molecular complexity index is 709. The van der Waals surface area contributed by atoms with E-state index in [0.717, 1.165) is 18.7 Å². The summed E-state index contributed by atoms with van der Waals surface area (Å²) in [4.78, 5) is 12.7. The van der Waals surface area contributed by atoms with Crippen LogP contribution in [0.25, 0.3) is 0 Å². The quantitative estimate of drug-likeness (QED) is 0.772. The maximum absolute atomic E-state index is 12.7. The molecule has 7 heteroatoms. The molecule has 1 saturated heterocycles. The summed E-state index contributed by atoms with van der Waals surface area (Å²) in [5.41, 5.74) is 0.762. The maximum Gasteiger partial charge on any atom is 0.265 e. The number of amides is 1. The van der Waals surface area contributed by atoms with Crippen molar-refractivity contribution in [3.63, 3.8) is 0 Å². The molecule has 0 spiro atoms. The Kier molecular flexibility index (Phi) is 7.38. The van der Waals surface area contributed by atoms with E-state index in [0.29, 0.717) is 28.3 Å². The van der Waals surface area contributed by atoms with Gasteiger partial charge in [-0.25, -0.2) is 0 Å². The number of rotatable bonds is 6. The number of hydrogen-bond donors (Lipinski definition) is 2. The van der Waals surface area contributed by atoms with Gasteiger partial charge in [0.05, 0.1) is 5.02 Å². The lowest BCUT2D eigenvalue weighted by molar-refractivity contribution is -0.128. The van der Waals surface area contributed by atoms with Gasteiger partial charge < -0.3 is 15.4 Å². The first-order chi connectivity index (χ1) is 11.6. The normalized spacial score (nSPS) is 14.8. The predicted molar refractivity (Wildman–Crippen MR) is 103 cm³/mol. The highest BCUT2D eigenvalue weighted by Gasteiger charge is 2.25. The second-order valence-corrected chi connectivity index (χ2v) is 6.52. The minimum Gasteiger partial charge on any atom is -0.474 e. The first kappa shape index (κ1) is 19.9. The molecule has 1 atom stereocenters. The molecule has 3 rings (SSSR count). The predicted octanol–water partition coefficient (Wildman–Crippen LogP) is 3.87. The van der Waals surface area contributed by atoms with Crippen LogP contribution in [0.4, 0.5) is 0 Å². The minimum atomic E-state index is -0.782. The average molecular weight is 402 g/mol. The van der Waals surface area contributed by atoms with Gasteiger partial charge in [-0.1, -0.05) is 59.6 Å². The first-order valence-corrected chi connectivity index (χ1v) is 8.55. The van der Waals surface area contributed by atoms with Crippen LogP contribution in [0.15, 0.2) is 48.5 Å². The topological polar surface area (TPSA) is 50.4 Å². The molecular weight excluding hydrogens is 383 g/mol. The third-order valence-electron chi connectivity index (χ3n) is 3.93. The van der Waals surface area contributed by atoms with E-state index in [4.69, 9.17) is 27.9 Å². The van der Waals surface area contributed by atoms with E-state index in [1.807, 2.05) is 30.3 Å². The van der Waals surface area contributed by atoms with Gasteiger partial charge in [0, 0.05) is 31.1 Å². The van der Waals surface area contributed by atoms with Crippen molar-refractivity contribution >= 4 is 41.5 Å². The summed E-state index contributed by atoms with van der Waals surface area (Å²) in [6.45, 7) is 2.48. The number of carbonyl (C=O) groups excluding carboxylic acids is 1. The number of ether oxygens (including phenoxy) is 1. The number of benzene rings is 2. The zero-order valence-electron chi connectivity index (χ0n) is 13.4. The lowest BCUT2D eigenvalue weighted by Gasteiger charge is -2.28. The molecule has 1 aliphatic rings. The standard InChI is InChI=1S/C18H18Cl2N2O2.ClH/c19-14-7-4-8-15(16(14)20)24-17(13-5-2-1-3-6-13)18(23)22-11-12-9-21-10-12;/h1-8,12,17,21H,9-11H2,(H,22,23);1H. The Morgan fingerprint density at radius 2 is 1.88 bits per heavy atom. The fourth-order valence-electron chi connectivity index (χ4n) is 2.43. The summed E-state index contributed by atoms with van der Waals surface area (Å²) in [7, 11) is 0. The van der Waals surface area contributed by atoms with Crippen LogP contribution >= 0.6 is 35.6 Å². The summed E-state index contributed by atoms with van der Waals surface area (Å²) in [6, 6.07) is 14.5. The fraction of sp³-hybridized carbons (Fsp3) is 0.278. The zero-order valence-corrected chi connectivity index (χ0v) is 15.7. The van der Waals surface area contributed by atoms with Crippen molar-refractivity contribution in [1.82, 2.24) is 10.6 Å². The van der Waals surface area contributed by atoms with E-state index < -0.39 is 6.10 Å². The molecule has 2 aromatic rings. The second kappa shape index (κ2) is 9.30. The fourth-order valence-corrected chi connectivity index (χ4v) is 2.77. The molecule has 0 aliphatic carbocycles. The Balaban J connectivity index is 0.00000225. The van der Waals surface area contributed by atoms with E-state index in [9.17, 15) is 4.79 Å². The van der Waals surface area contributed by atoms with E-state index >= 15 is 0 Å². The Morgan fingerprint density at radius 1 is 1.16 bits per heavy atom. The molecule has 1 aliphatic heterocycles. The van der Waals surface area contributed by atoms with Crippen LogP contribution in [0.1, 0.15) is 11.7 Å². The van der Waals surface area contributed by atoms with Crippen LogP contribution in [0, 0.1) is 5.92 Å². The van der Waals surface area contributed by atoms with Crippen molar-refractivity contribution in [2.45, 2.75) is 6.10 Å². The smallest absolute Gasteiger partial charge is 0.265 e. The molecule has 1 fully saturated rings. The number of hydrogen-bond acceptors (Lipinski definition) is 3. The molecule has 0 saturated carbocycles. The van der Waals surface area contributed by atoms with Crippen molar-refractivity contribution in [2.24, 2.45) is 5.92 Å². The van der Waals surface area contributed by atoms with Gasteiger partial charge in [-0.2, -0.15) is 0 Å². The van der Waals surface area contributed by atoms with Gasteiger partial charge in [-0.3, -0.25) is 4.79 Å². The molecule has 4 nitrogen and oxygen atoms in total. The maximum atomic E-state index is 12.7. The van der Waals surface area contributed by atoms with Crippen molar-refractivity contribution in [3.8, 4) is 5.75 Å². The molecule has 0 radical (unpaired) electrons. The molecule has 2 aromatic carbocycles. The molecule has 25 heavy (non-hydrogen) atoms. The van der Waals surface area contributed by atoms with Crippen molar-refractivity contribution in [2.75, 3.05) is 19.6 Å². The minimum absolute atomic E-state index is 0. The monoisotopic (exact) mass is 400 g/mol. The zero-order chi connectivity index (χ0) is 16.9. The molecule has 134 valence electrons. The first-order valence-electron chi connectivity index (χ1n) is 7.79. The highest BCUT2D eigenvalue weighted by molar-refractivity contribution is 6.42. The lowest BCUT2D eigenvalue weighted by Crippen LogP contribution is -2.49. The van der Waals surface area contributed by atoms with E-state index in [-0.39, 0.29) is 18.3 Å². The third-order valence-corrected chi connectivity index (χ3v) is 4.73. The van der Waals surface area contributed by atoms with Crippen LogP contribution < -0.4 is 15.4 Å². The molecule has 1 heterocycles. The SMILES string of the molecule is Cl.O=C(NCC1CNC1)C(Oc1cccc(Cl)c1Cl)c1ccccc1. The average Bonchev–Trinajstić information content (AvgIpc) is 2.55. The molecule has 0 aromatic heterocycles. The number of carbonyl (C=O) groups is 1. The number of halogens is 3. The van der Waals surface area contributed by atoms with Gasteiger partial charge in [0.1, 0.15) is 10.8 Å². The Labute approximate surface area is 163 Å². The summed E-state index contributed by atoms with van der Waals surface area (Å²) >= 11 is 12.2. The highest BCUT2D eigenvalue weighted by Crippen LogP contribution is 2.34. The third kappa shape index (κ3) is 5.02. The molecular formula is C18H19Cl3N2O2. The van der Waals surface area contributed by atoms with Crippen molar-refractivity contribution in [3.05, 3.63) is 64.1 Å². The van der Waals surface area contributed by atoms with E-state index in [1.54, 1.807) is 18.2 Å². The lowest BCUT2D eigenvalue weighted by atomic mass is 10.0. The van der Waals surface area contributed by atoms with Crippen molar-refractivity contribution < 1.29 is 9.53 Å². The summed E-state index contributed by atoms with van der Waals surface area (Å²) in [5.74, 6) is 0.669. The summed E-state index contributed by atoms with van der Waals surface area (Å²) in [6.07, 6.45) is -0.782. The van der Waals surface area contributed by atoms with Gasteiger partial charge in [-0.05, 0) is 12.1 Å². The van der Waals surface area contributed by atoms with Crippen LogP contribution in [0.3, 0.4) is 0 Å². The van der Waals surface area contributed by atoms with Crippen LogP contribution in [-0.4, -0.2) is 25.5 Å². The summed E-state index contributed by atoms with van der Waals surface area (Å²) in [5, 5.41) is 6.83. The van der Waals surface area contributed by atoms with E-state index in [1.165, 1.54) is 0 Å². The van der Waals surface area contributed by atoms with Gasteiger partial charge in [-0.15, -0.1) is 12.4 Å². The summed E-state index contributed by atoms with van der Waals surface area (Å²) < 4.78 is 5.91. The highest BCUT2D eigenvalue weighted by atomic mass is 35.5. The molecule has 1 amide bonds. The molecule has 0 bridgehead atoms. The molecule has 1 unspecified atom stereocenters. The van der Waals surface area contributed by atoms with Crippen LogP contribution in [0.2, 0.25) is 10.0 Å². The largest absolute Gasteiger partial charge is 0.474 e.